The molecule has 1 unspecified atom stereocenters. The first-order chi connectivity index (χ1) is 10.1. The average Bonchev–Trinajstić information content (AvgIpc) is 2.48. The van der Waals surface area contributed by atoms with E-state index < -0.39 is 10.7 Å². The van der Waals surface area contributed by atoms with Gasteiger partial charge in [-0.3, -0.25) is 10.1 Å². The maximum atomic E-state index is 13.3. The summed E-state index contributed by atoms with van der Waals surface area (Å²) in [5.41, 5.74) is 0.376. The van der Waals surface area contributed by atoms with Crippen LogP contribution in [0.1, 0.15) is 26.2 Å². The van der Waals surface area contributed by atoms with Crippen LogP contribution in [0, 0.1) is 21.8 Å². The van der Waals surface area contributed by atoms with Gasteiger partial charge in [0.15, 0.2) is 0 Å². The van der Waals surface area contributed by atoms with Crippen molar-refractivity contribution in [2.75, 3.05) is 31.1 Å². The minimum atomic E-state index is -0.568. The number of anilines is 1. The fraction of sp³-hybridized carbons (Fsp3) is 0.600. The van der Waals surface area contributed by atoms with Crippen molar-refractivity contribution in [1.29, 1.82) is 0 Å². The zero-order chi connectivity index (χ0) is 15.2. The molecule has 1 heterocycles. The molecule has 2 rings (SSSR count). The Labute approximate surface area is 124 Å². The molecule has 0 bridgehead atoms. The van der Waals surface area contributed by atoms with E-state index in [4.69, 9.17) is 0 Å². The molecule has 5 nitrogen and oxygen atoms in total. The zero-order valence-corrected chi connectivity index (χ0v) is 12.3. The molecule has 6 heteroatoms. The van der Waals surface area contributed by atoms with Crippen LogP contribution in [0.2, 0.25) is 0 Å². The minimum absolute atomic E-state index is 0.146. The first-order valence-electron chi connectivity index (χ1n) is 7.51. The molecule has 1 aromatic rings. The molecule has 21 heavy (non-hydrogen) atoms. The lowest BCUT2D eigenvalue weighted by Gasteiger charge is -2.31. The molecule has 1 fully saturated rings. The number of benzene rings is 1. The maximum absolute atomic E-state index is 13.3. The number of hydrogen-bond acceptors (Lipinski definition) is 4. The maximum Gasteiger partial charge on any atom is 0.295 e. The topological polar surface area (TPSA) is 58.4 Å². The molecule has 0 amide bonds. The van der Waals surface area contributed by atoms with Crippen LogP contribution in [0.5, 0.6) is 0 Å². The Morgan fingerprint density at radius 1 is 1.52 bits per heavy atom. The van der Waals surface area contributed by atoms with E-state index in [2.05, 4.69) is 5.32 Å². The van der Waals surface area contributed by atoms with Gasteiger partial charge in [-0.05, 0) is 50.4 Å². The van der Waals surface area contributed by atoms with Crippen LogP contribution in [0.3, 0.4) is 0 Å². The fourth-order valence-corrected chi connectivity index (χ4v) is 2.88. The van der Waals surface area contributed by atoms with Gasteiger partial charge in [0.25, 0.3) is 5.69 Å². The van der Waals surface area contributed by atoms with Crippen LogP contribution in [-0.4, -0.2) is 31.1 Å². The first-order valence-corrected chi connectivity index (χ1v) is 7.51. The molecule has 0 aliphatic carbocycles. The molecule has 0 radical (unpaired) electrons. The van der Waals surface area contributed by atoms with Gasteiger partial charge in [-0.2, -0.15) is 0 Å². The third-order valence-corrected chi connectivity index (χ3v) is 3.85. The molecule has 0 saturated carbocycles. The predicted molar refractivity (Wildman–Crippen MR) is 81.2 cm³/mol. The van der Waals surface area contributed by atoms with E-state index in [9.17, 15) is 14.5 Å². The Bertz CT molecular complexity index is 490. The van der Waals surface area contributed by atoms with Crippen LogP contribution < -0.4 is 10.2 Å². The monoisotopic (exact) mass is 295 g/mol. The Kier molecular flexibility index (Phi) is 5.50. The molecule has 1 aromatic carbocycles. The predicted octanol–water partition coefficient (Wildman–Crippen LogP) is 2.95. The first kappa shape index (κ1) is 15.7. The van der Waals surface area contributed by atoms with Crippen molar-refractivity contribution in [3.63, 3.8) is 0 Å². The summed E-state index contributed by atoms with van der Waals surface area (Å²) in [5.74, 6) is -0.0869. The third kappa shape index (κ3) is 4.14. The van der Waals surface area contributed by atoms with Gasteiger partial charge in [-0.1, -0.05) is 6.92 Å². The van der Waals surface area contributed by atoms with Gasteiger partial charge in [0.05, 0.1) is 11.0 Å². The van der Waals surface area contributed by atoms with Crippen LogP contribution in [0.4, 0.5) is 15.8 Å². The molecule has 1 aliphatic heterocycles. The lowest BCUT2D eigenvalue weighted by Crippen LogP contribution is -2.39. The summed E-state index contributed by atoms with van der Waals surface area (Å²) >= 11 is 0. The highest BCUT2D eigenvalue weighted by Crippen LogP contribution is 2.30. The zero-order valence-electron chi connectivity index (χ0n) is 12.3. The highest BCUT2D eigenvalue weighted by atomic mass is 19.1. The Balaban J connectivity index is 2.22. The van der Waals surface area contributed by atoms with Crippen LogP contribution in [0.15, 0.2) is 18.2 Å². The lowest BCUT2D eigenvalue weighted by atomic mass is 9.98. The van der Waals surface area contributed by atoms with Gasteiger partial charge in [-0.25, -0.2) is 4.39 Å². The third-order valence-electron chi connectivity index (χ3n) is 3.85. The van der Waals surface area contributed by atoms with Crippen molar-refractivity contribution in [3.05, 3.63) is 34.1 Å². The molecule has 0 aromatic heterocycles. The second kappa shape index (κ2) is 7.36. The standard InChI is InChI=1S/C15H22FN3O2/c1-2-8-18(11-12-4-3-7-17-10-12)14-6-5-13(16)9-15(14)19(20)21/h5-6,9,12,17H,2-4,7-8,10-11H2,1H3. The normalized spacial score (nSPS) is 18.5. The number of nitro benzene ring substituents is 1. The molecular weight excluding hydrogens is 273 g/mol. The number of halogens is 1. The van der Waals surface area contributed by atoms with Crippen molar-refractivity contribution >= 4 is 11.4 Å². The molecule has 1 saturated heterocycles. The minimum Gasteiger partial charge on any atom is -0.366 e. The van der Waals surface area contributed by atoms with Crippen molar-refractivity contribution < 1.29 is 9.31 Å². The summed E-state index contributed by atoms with van der Waals surface area (Å²) in [6.45, 7) is 5.54. The summed E-state index contributed by atoms with van der Waals surface area (Å²) in [6.07, 6.45) is 3.16. The molecule has 0 spiro atoms. The van der Waals surface area contributed by atoms with E-state index in [1.807, 2.05) is 11.8 Å². The number of nitro groups is 1. The van der Waals surface area contributed by atoms with Crippen molar-refractivity contribution in [1.82, 2.24) is 5.32 Å². The fourth-order valence-electron chi connectivity index (χ4n) is 2.88. The Morgan fingerprint density at radius 2 is 2.33 bits per heavy atom. The van der Waals surface area contributed by atoms with Crippen molar-refractivity contribution in [2.24, 2.45) is 5.92 Å². The van der Waals surface area contributed by atoms with Crippen molar-refractivity contribution in [3.8, 4) is 0 Å². The smallest absolute Gasteiger partial charge is 0.295 e. The van der Waals surface area contributed by atoms with E-state index in [1.165, 1.54) is 12.1 Å². The molecule has 116 valence electrons. The van der Waals surface area contributed by atoms with Gasteiger partial charge >= 0.3 is 0 Å². The molecular formula is C15H22FN3O2. The average molecular weight is 295 g/mol. The van der Waals surface area contributed by atoms with Crippen LogP contribution >= 0.6 is 0 Å². The number of piperidine rings is 1. The van der Waals surface area contributed by atoms with Gasteiger partial charge in [0.2, 0.25) is 0 Å². The number of hydrogen-bond donors (Lipinski definition) is 1. The van der Waals surface area contributed by atoms with E-state index >= 15 is 0 Å². The molecule has 1 aliphatic rings. The van der Waals surface area contributed by atoms with Gasteiger partial charge in [0, 0.05) is 13.1 Å². The summed E-state index contributed by atoms with van der Waals surface area (Å²) in [6, 6.07) is 3.83. The lowest BCUT2D eigenvalue weighted by molar-refractivity contribution is -0.384. The highest BCUT2D eigenvalue weighted by molar-refractivity contribution is 5.63. The van der Waals surface area contributed by atoms with E-state index in [1.54, 1.807) is 0 Å². The second-order valence-corrected chi connectivity index (χ2v) is 5.55. The van der Waals surface area contributed by atoms with Crippen molar-refractivity contribution in [2.45, 2.75) is 26.2 Å². The molecule has 1 atom stereocenters. The van der Waals surface area contributed by atoms with E-state index in [-0.39, 0.29) is 5.69 Å². The summed E-state index contributed by atoms with van der Waals surface area (Å²) in [4.78, 5) is 12.7. The molecule has 1 N–H and O–H groups in total. The SMILES string of the molecule is CCCN(CC1CCCNC1)c1ccc(F)cc1[N+](=O)[O-]. The van der Waals surface area contributed by atoms with Gasteiger partial charge in [-0.15, -0.1) is 0 Å². The highest BCUT2D eigenvalue weighted by Gasteiger charge is 2.23. The Hall–Kier alpha value is -1.69. The quantitative estimate of drug-likeness (QED) is 0.647. The number of rotatable bonds is 6. The van der Waals surface area contributed by atoms with E-state index in [0.29, 0.717) is 11.6 Å². The summed E-state index contributed by atoms with van der Waals surface area (Å²) < 4.78 is 13.3. The van der Waals surface area contributed by atoms with E-state index in [0.717, 1.165) is 51.5 Å². The summed E-state index contributed by atoms with van der Waals surface area (Å²) in [5, 5.41) is 14.5. The van der Waals surface area contributed by atoms with Gasteiger partial charge < -0.3 is 10.2 Å². The van der Waals surface area contributed by atoms with Crippen LogP contribution in [0.25, 0.3) is 0 Å². The summed E-state index contributed by atoms with van der Waals surface area (Å²) in [7, 11) is 0. The number of nitrogens with one attached hydrogen (secondary N) is 1. The second-order valence-electron chi connectivity index (χ2n) is 5.55. The van der Waals surface area contributed by atoms with Crippen LogP contribution in [-0.2, 0) is 0 Å². The largest absolute Gasteiger partial charge is 0.366 e. The van der Waals surface area contributed by atoms with Gasteiger partial charge in [0.1, 0.15) is 11.5 Å². The number of nitrogens with zero attached hydrogens (tertiary/aromatic N) is 2. The Morgan fingerprint density at radius 3 is 2.95 bits per heavy atom.